The van der Waals surface area contributed by atoms with Crippen molar-refractivity contribution in [2.75, 3.05) is 35.0 Å². The molecule has 9 nitrogen and oxygen atoms in total. The summed E-state index contributed by atoms with van der Waals surface area (Å²) >= 11 is 0. The number of hydrogen-bond acceptors (Lipinski definition) is 9. The van der Waals surface area contributed by atoms with Crippen LogP contribution in [-0.2, 0) is 4.79 Å². The molecule has 0 unspecified atom stereocenters. The van der Waals surface area contributed by atoms with Crippen molar-refractivity contribution in [3.63, 3.8) is 0 Å². The molecule has 0 fully saturated rings. The maximum atomic E-state index is 13.0. The number of carbonyl (C=O) groups excluding carboxylic acids is 3. The van der Waals surface area contributed by atoms with Crippen molar-refractivity contribution in [2.45, 2.75) is 0 Å². The van der Waals surface area contributed by atoms with Crippen LogP contribution in [0.3, 0.4) is 0 Å². The third kappa shape index (κ3) is 6.46. The van der Waals surface area contributed by atoms with E-state index in [2.05, 4.69) is 0 Å². The van der Waals surface area contributed by atoms with E-state index >= 15 is 0 Å². The van der Waals surface area contributed by atoms with Gasteiger partial charge in [-0.25, -0.2) is 4.79 Å². The van der Waals surface area contributed by atoms with Gasteiger partial charge in [-0.2, -0.15) is 0 Å². The molecular weight excluding hydrogens is 480 g/mol. The average Bonchev–Trinajstić information content (AvgIpc) is 2.94. The highest BCUT2D eigenvalue weighted by Crippen LogP contribution is 2.39. The van der Waals surface area contributed by atoms with Gasteiger partial charge in [-0.3, -0.25) is 9.59 Å². The van der Waals surface area contributed by atoms with Gasteiger partial charge in [-0.1, -0.05) is 18.2 Å². The van der Waals surface area contributed by atoms with E-state index in [1.807, 2.05) is 0 Å². The molecule has 0 aliphatic rings. The van der Waals surface area contributed by atoms with Crippen molar-refractivity contribution in [1.82, 2.24) is 0 Å². The maximum Gasteiger partial charge on any atom is 0.343 e. The Kier molecular flexibility index (Phi) is 9.26. The van der Waals surface area contributed by atoms with Crippen LogP contribution >= 0.6 is 0 Å². The zero-order chi connectivity index (χ0) is 26.8. The van der Waals surface area contributed by atoms with Crippen LogP contribution in [-0.4, -0.2) is 53.1 Å². The van der Waals surface area contributed by atoms with Gasteiger partial charge in [0.1, 0.15) is 23.5 Å². The van der Waals surface area contributed by atoms with Gasteiger partial charge < -0.3 is 28.4 Å². The van der Waals surface area contributed by atoms with E-state index in [-0.39, 0.29) is 35.2 Å². The topological polar surface area (TPSA) is 107 Å². The van der Waals surface area contributed by atoms with Crippen LogP contribution in [0, 0.1) is 0 Å². The molecule has 0 aliphatic carbocycles. The van der Waals surface area contributed by atoms with Gasteiger partial charge in [0.2, 0.25) is 5.75 Å². The fourth-order valence-corrected chi connectivity index (χ4v) is 3.40. The Morgan fingerprint density at radius 2 is 1.32 bits per heavy atom. The summed E-state index contributed by atoms with van der Waals surface area (Å²) in [6.07, 6.45) is 3.49. The Hall–Kier alpha value is -4.79. The van der Waals surface area contributed by atoms with Crippen molar-refractivity contribution in [1.29, 1.82) is 0 Å². The predicted molar refractivity (Wildman–Crippen MR) is 135 cm³/mol. The van der Waals surface area contributed by atoms with Crippen LogP contribution in [0.1, 0.15) is 26.3 Å². The summed E-state index contributed by atoms with van der Waals surface area (Å²) in [7, 11) is 5.70. The second-order valence-electron chi connectivity index (χ2n) is 7.41. The summed E-state index contributed by atoms with van der Waals surface area (Å²) in [5.74, 6) is 0.445. The molecule has 3 rings (SSSR count). The number of carbonyl (C=O) groups is 3. The number of aldehydes is 1. The van der Waals surface area contributed by atoms with Crippen LogP contribution in [0.4, 0.5) is 0 Å². The molecule has 192 valence electrons. The molecule has 0 aromatic heterocycles. The van der Waals surface area contributed by atoms with Crippen molar-refractivity contribution < 1.29 is 42.8 Å². The average molecular weight is 507 g/mol. The highest BCUT2D eigenvalue weighted by molar-refractivity contribution is 5.99. The van der Waals surface area contributed by atoms with E-state index in [0.717, 1.165) is 0 Å². The molecular formula is C28H26O9. The summed E-state index contributed by atoms with van der Waals surface area (Å²) in [5, 5.41) is 0. The number of benzene rings is 3. The maximum absolute atomic E-state index is 13.0. The fourth-order valence-electron chi connectivity index (χ4n) is 3.40. The SMILES string of the molecule is COc1cc(OCC(=O)c2cc(OC)c(OC(=O)c3ccccc3)c(OC)c2)cc(OC)c1C=CC=O. The third-order valence-corrected chi connectivity index (χ3v) is 5.22. The Labute approximate surface area is 214 Å². The number of esters is 1. The summed E-state index contributed by atoms with van der Waals surface area (Å²) in [4.78, 5) is 36.2. The van der Waals surface area contributed by atoms with E-state index in [4.69, 9.17) is 28.4 Å². The quantitative estimate of drug-likeness (QED) is 0.116. The van der Waals surface area contributed by atoms with Gasteiger partial charge in [0.05, 0.1) is 39.6 Å². The third-order valence-electron chi connectivity index (χ3n) is 5.22. The second kappa shape index (κ2) is 12.8. The van der Waals surface area contributed by atoms with Gasteiger partial charge in [-0.15, -0.1) is 0 Å². The van der Waals surface area contributed by atoms with Crippen LogP contribution < -0.4 is 28.4 Å². The first-order chi connectivity index (χ1) is 17.9. The smallest absolute Gasteiger partial charge is 0.343 e. The lowest BCUT2D eigenvalue weighted by atomic mass is 10.1. The lowest BCUT2D eigenvalue weighted by Crippen LogP contribution is -2.14. The molecule has 0 saturated heterocycles. The van der Waals surface area contributed by atoms with Crippen molar-refractivity contribution in [3.05, 3.63) is 77.4 Å². The minimum Gasteiger partial charge on any atom is -0.496 e. The molecule has 3 aromatic carbocycles. The number of Topliss-reactive ketones (excluding diaryl/α,β-unsaturated/α-hetero) is 1. The lowest BCUT2D eigenvalue weighted by Gasteiger charge is -2.16. The van der Waals surface area contributed by atoms with Crippen LogP contribution in [0.15, 0.2) is 60.7 Å². The first-order valence-electron chi connectivity index (χ1n) is 11.0. The van der Waals surface area contributed by atoms with Gasteiger partial charge >= 0.3 is 5.97 Å². The molecule has 0 bridgehead atoms. The molecule has 37 heavy (non-hydrogen) atoms. The lowest BCUT2D eigenvalue weighted by molar-refractivity contribution is -0.104. The van der Waals surface area contributed by atoms with Gasteiger partial charge in [-0.05, 0) is 36.4 Å². The molecule has 0 N–H and O–H groups in total. The molecule has 0 spiro atoms. The minimum absolute atomic E-state index is 0.0461. The minimum atomic E-state index is -0.603. The highest BCUT2D eigenvalue weighted by Gasteiger charge is 2.21. The predicted octanol–water partition coefficient (Wildman–Crippen LogP) is 4.41. The molecule has 0 aliphatic heterocycles. The summed E-state index contributed by atoms with van der Waals surface area (Å²) < 4.78 is 32.7. The van der Waals surface area contributed by atoms with Crippen molar-refractivity contribution in [3.8, 4) is 34.5 Å². The molecule has 3 aromatic rings. The first-order valence-corrected chi connectivity index (χ1v) is 11.0. The molecule has 0 radical (unpaired) electrons. The first kappa shape index (κ1) is 26.8. The molecule has 9 heteroatoms. The van der Waals surface area contributed by atoms with E-state index in [0.29, 0.717) is 34.7 Å². The summed E-state index contributed by atoms with van der Waals surface area (Å²) in [6, 6.07) is 14.5. The Morgan fingerprint density at radius 1 is 0.757 bits per heavy atom. The number of hydrogen-bond donors (Lipinski definition) is 0. The monoisotopic (exact) mass is 506 g/mol. The Bertz CT molecular complexity index is 1250. The van der Waals surface area contributed by atoms with Crippen molar-refractivity contribution in [2.24, 2.45) is 0 Å². The van der Waals surface area contributed by atoms with Crippen LogP contribution in [0.5, 0.6) is 34.5 Å². The number of methoxy groups -OCH3 is 4. The standard InChI is InChI=1S/C28H26O9/c1-32-23-15-20(16-24(33-2)21(23)11-8-12-29)36-17-22(30)19-13-25(34-3)27(26(14-19)35-4)37-28(31)18-9-6-5-7-10-18/h5-16H,17H2,1-4H3. The Balaban J connectivity index is 1.83. The van der Waals surface area contributed by atoms with E-state index in [1.54, 1.807) is 48.5 Å². The second-order valence-corrected chi connectivity index (χ2v) is 7.41. The van der Waals surface area contributed by atoms with E-state index in [1.165, 1.54) is 46.6 Å². The molecule has 0 saturated carbocycles. The fraction of sp³-hybridized carbons (Fsp3) is 0.179. The van der Waals surface area contributed by atoms with Crippen LogP contribution in [0.25, 0.3) is 6.08 Å². The van der Waals surface area contributed by atoms with Crippen molar-refractivity contribution >= 4 is 24.1 Å². The molecule has 0 amide bonds. The number of rotatable bonds is 12. The zero-order valence-electron chi connectivity index (χ0n) is 20.8. The Morgan fingerprint density at radius 3 is 1.84 bits per heavy atom. The normalized spacial score (nSPS) is 10.5. The largest absolute Gasteiger partial charge is 0.496 e. The zero-order valence-corrected chi connectivity index (χ0v) is 20.8. The number of allylic oxidation sites excluding steroid dienone is 1. The van der Waals surface area contributed by atoms with Gasteiger partial charge in [0.15, 0.2) is 23.9 Å². The number of ether oxygens (including phenoxy) is 6. The summed E-state index contributed by atoms with van der Waals surface area (Å²) in [6.45, 7) is -0.328. The van der Waals surface area contributed by atoms with E-state index in [9.17, 15) is 14.4 Å². The van der Waals surface area contributed by atoms with Gasteiger partial charge in [0, 0.05) is 17.7 Å². The van der Waals surface area contributed by atoms with E-state index < -0.39 is 5.97 Å². The van der Waals surface area contributed by atoms with Gasteiger partial charge in [0.25, 0.3) is 0 Å². The molecule has 0 atom stereocenters. The molecule has 0 heterocycles. The van der Waals surface area contributed by atoms with Crippen LogP contribution in [0.2, 0.25) is 0 Å². The number of ketones is 1. The summed E-state index contributed by atoms with van der Waals surface area (Å²) in [5.41, 5.74) is 1.11. The highest BCUT2D eigenvalue weighted by atomic mass is 16.6.